The van der Waals surface area contributed by atoms with E-state index >= 15 is 0 Å². The van der Waals surface area contributed by atoms with Gasteiger partial charge >= 0.3 is 0 Å². The zero-order chi connectivity index (χ0) is 13.4. The third kappa shape index (κ3) is 5.58. The lowest BCUT2D eigenvalue weighted by Crippen LogP contribution is -2.30. The fraction of sp³-hybridized carbons (Fsp3) is 0.643. The summed E-state index contributed by atoms with van der Waals surface area (Å²) in [6.07, 6.45) is 1.86. The molecule has 0 bridgehead atoms. The smallest absolute Gasteiger partial charge is 0.0589 e. The van der Waals surface area contributed by atoms with Crippen LogP contribution in [0.25, 0.3) is 0 Å². The predicted octanol–water partition coefficient (Wildman–Crippen LogP) is 1.64. The second kappa shape index (κ2) is 8.19. The van der Waals surface area contributed by atoms with Crippen molar-refractivity contribution in [2.45, 2.75) is 26.9 Å². The largest absolute Gasteiger partial charge is 0.383 e. The van der Waals surface area contributed by atoms with Crippen LogP contribution >= 0.6 is 0 Å². The number of aromatic nitrogens is 1. The lowest BCUT2D eigenvalue weighted by atomic mass is 10.2. The van der Waals surface area contributed by atoms with Crippen LogP contribution in [0.4, 0.5) is 0 Å². The number of methoxy groups -OCH3 is 1. The summed E-state index contributed by atoms with van der Waals surface area (Å²) in [5, 5.41) is 0. The molecule has 0 saturated carbocycles. The second-order valence-corrected chi connectivity index (χ2v) is 4.98. The topological polar surface area (TPSA) is 51.4 Å². The maximum Gasteiger partial charge on any atom is 0.0589 e. The van der Waals surface area contributed by atoms with Gasteiger partial charge in [0, 0.05) is 39.5 Å². The molecule has 2 N–H and O–H groups in total. The average Bonchev–Trinajstić information content (AvgIpc) is 2.36. The zero-order valence-electron chi connectivity index (χ0n) is 11.7. The molecule has 0 aliphatic carbocycles. The molecule has 102 valence electrons. The molecule has 0 atom stereocenters. The van der Waals surface area contributed by atoms with Crippen molar-refractivity contribution in [1.29, 1.82) is 0 Å². The van der Waals surface area contributed by atoms with Crippen LogP contribution in [-0.2, 0) is 17.8 Å². The highest BCUT2D eigenvalue weighted by atomic mass is 16.5. The van der Waals surface area contributed by atoms with Crippen molar-refractivity contribution >= 4 is 0 Å². The molecule has 1 heterocycles. The van der Waals surface area contributed by atoms with Crippen LogP contribution in [-0.4, -0.2) is 36.7 Å². The third-order valence-corrected chi connectivity index (χ3v) is 2.74. The molecule has 1 aromatic rings. The SMILES string of the molecule is COCCN(Cc1ccc(CN)cn1)CC(C)C. The Hall–Kier alpha value is -0.970. The van der Waals surface area contributed by atoms with Gasteiger partial charge in [0.2, 0.25) is 0 Å². The van der Waals surface area contributed by atoms with E-state index in [-0.39, 0.29) is 0 Å². The van der Waals surface area contributed by atoms with Gasteiger partial charge in [-0.2, -0.15) is 0 Å². The summed E-state index contributed by atoms with van der Waals surface area (Å²) in [4.78, 5) is 6.82. The van der Waals surface area contributed by atoms with Gasteiger partial charge in [0.05, 0.1) is 12.3 Å². The van der Waals surface area contributed by atoms with E-state index in [1.807, 2.05) is 12.3 Å². The van der Waals surface area contributed by atoms with Gasteiger partial charge in [0.15, 0.2) is 0 Å². The minimum Gasteiger partial charge on any atom is -0.383 e. The molecule has 0 fully saturated rings. The van der Waals surface area contributed by atoms with E-state index < -0.39 is 0 Å². The van der Waals surface area contributed by atoms with Crippen molar-refractivity contribution in [2.75, 3.05) is 26.8 Å². The molecule has 4 nitrogen and oxygen atoms in total. The third-order valence-electron chi connectivity index (χ3n) is 2.74. The fourth-order valence-electron chi connectivity index (χ4n) is 1.87. The molecular weight excluding hydrogens is 226 g/mol. The van der Waals surface area contributed by atoms with E-state index in [1.54, 1.807) is 7.11 Å². The van der Waals surface area contributed by atoms with E-state index in [1.165, 1.54) is 0 Å². The number of hydrogen-bond donors (Lipinski definition) is 1. The number of pyridine rings is 1. The second-order valence-electron chi connectivity index (χ2n) is 4.98. The minimum absolute atomic E-state index is 0.548. The number of nitrogens with two attached hydrogens (primary N) is 1. The Morgan fingerprint density at radius 3 is 2.67 bits per heavy atom. The summed E-state index contributed by atoms with van der Waals surface area (Å²) in [5.41, 5.74) is 7.73. The molecule has 0 aromatic carbocycles. The summed E-state index contributed by atoms with van der Waals surface area (Å²) in [5.74, 6) is 0.644. The quantitative estimate of drug-likeness (QED) is 0.763. The van der Waals surface area contributed by atoms with Crippen molar-refractivity contribution in [1.82, 2.24) is 9.88 Å². The summed E-state index contributed by atoms with van der Waals surface area (Å²) in [6, 6.07) is 4.11. The maximum absolute atomic E-state index is 5.57. The molecule has 0 saturated heterocycles. The lowest BCUT2D eigenvalue weighted by Gasteiger charge is -2.23. The number of hydrogen-bond acceptors (Lipinski definition) is 4. The van der Waals surface area contributed by atoms with Crippen LogP contribution < -0.4 is 5.73 Å². The standard InChI is InChI=1S/C14H25N3O/c1-12(2)10-17(6-7-18-3)11-14-5-4-13(8-15)9-16-14/h4-5,9,12H,6-8,10-11,15H2,1-3H3. The number of rotatable bonds is 8. The molecule has 0 aliphatic heterocycles. The van der Waals surface area contributed by atoms with Crippen LogP contribution in [0.15, 0.2) is 18.3 Å². The van der Waals surface area contributed by atoms with E-state index in [9.17, 15) is 0 Å². The molecule has 4 heteroatoms. The van der Waals surface area contributed by atoms with Crippen molar-refractivity contribution in [3.8, 4) is 0 Å². The van der Waals surface area contributed by atoms with Crippen molar-refractivity contribution in [3.63, 3.8) is 0 Å². The van der Waals surface area contributed by atoms with E-state index in [0.717, 1.165) is 37.5 Å². The molecule has 0 radical (unpaired) electrons. The number of nitrogens with zero attached hydrogens (tertiary/aromatic N) is 2. The molecule has 0 unspecified atom stereocenters. The highest BCUT2D eigenvalue weighted by Gasteiger charge is 2.08. The Kier molecular flexibility index (Phi) is 6.86. The van der Waals surface area contributed by atoms with Gasteiger partial charge in [-0.05, 0) is 17.5 Å². The van der Waals surface area contributed by atoms with Gasteiger partial charge in [0.25, 0.3) is 0 Å². The van der Waals surface area contributed by atoms with Gasteiger partial charge in [-0.15, -0.1) is 0 Å². The molecule has 1 aromatic heterocycles. The van der Waals surface area contributed by atoms with Crippen LogP contribution in [0.1, 0.15) is 25.1 Å². The Bertz CT molecular complexity index is 324. The van der Waals surface area contributed by atoms with E-state index in [0.29, 0.717) is 12.5 Å². The molecule has 1 rings (SSSR count). The average molecular weight is 251 g/mol. The normalized spacial score (nSPS) is 11.4. The molecule has 0 spiro atoms. The van der Waals surface area contributed by atoms with Crippen molar-refractivity contribution in [3.05, 3.63) is 29.6 Å². The van der Waals surface area contributed by atoms with Gasteiger partial charge in [-0.25, -0.2) is 0 Å². The van der Waals surface area contributed by atoms with Crippen LogP contribution in [0.5, 0.6) is 0 Å². The van der Waals surface area contributed by atoms with Crippen molar-refractivity contribution in [2.24, 2.45) is 11.7 Å². The van der Waals surface area contributed by atoms with Crippen LogP contribution in [0.2, 0.25) is 0 Å². The highest BCUT2D eigenvalue weighted by molar-refractivity contribution is 5.13. The first kappa shape index (κ1) is 15.1. The predicted molar refractivity (Wildman–Crippen MR) is 74.1 cm³/mol. The van der Waals surface area contributed by atoms with Crippen LogP contribution in [0, 0.1) is 5.92 Å². The summed E-state index contributed by atoms with van der Waals surface area (Å²) >= 11 is 0. The fourth-order valence-corrected chi connectivity index (χ4v) is 1.87. The van der Waals surface area contributed by atoms with Crippen LogP contribution in [0.3, 0.4) is 0 Å². The van der Waals surface area contributed by atoms with Crippen molar-refractivity contribution < 1.29 is 4.74 Å². The zero-order valence-corrected chi connectivity index (χ0v) is 11.7. The summed E-state index contributed by atoms with van der Waals surface area (Å²) < 4.78 is 5.15. The highest BCUT2D eigenvalue weighted by Crippen LogP contribution is 2.06. The van der Waals surface area contributed by atoms with Gasteiger partial charge < -0.3 is 10.5 Å². The Balaban J connectivity index is 2.56. The molecular formula is C14H25N3O. The Morgan fingerprint density at radius 2 is 2.17 bits per heavy atom. The van der Waals surface area contributed by atoms with Gasteiger partial charge in [0.1, 0.15) is 0 Å². The lowest BCUT2D eigenvalue weighted by molar-refractivity contribution is 0.135. The Morgan fingerprint density at radius 1 is 1.39 bits per heavy atom. The summed E-state index contributed by atoms with van der Waals surface area (Å²) in [7, 11) is 1.74. The first-order chi connectivity index (χ1) is 8.65. The maximum atomic E-state index is 5.57. The number of ether oxygens (including phenoxy) is 1. The molecule has 18 heavy (non-hydrogen) atoms. The van der Waals surface area contributed by atoms with E-state index in [2.05, 4.69) is 29.8 Å². The summed E-state index contributed by atoms with van der Waals surface area (Å²) in [6.45, 7) is 8.63. The minimum atomic E-state index is 0.548. The van der Waals surface area contributed by atoms with E-state index in [4.69, 9.17) is 10.5 Å². The monoisotopic (exact) mass is 251 g/mol. The molecule has 0 aliphatic rings. The first-order valence-electron chi connectivity index (χ1n) is 6.51. The van der Waals surface area contributed by atoms with Gasteiger partial charge in [-0.1, -0.05) is 19.9 Å². The Labute approximate surface area is 110 Å². The van der Waals surface area contributed by atoms with Gasteiger partial charge in [-0.3, -0.25) is 9.88 Å². The molecule has 0 amide bonds. The first-order valence-corrected chi connectivity index (χ1v) is 6.51.